The second-order valence-corrected chi connectivity index (χ2v) is 3.96. The Hall–Kier alpha value is -0.900. The third kappa shape index (κ3) is 3.46. The van der Waals surface area contributed by atoms with E-state index in [4.69, 9.17) is 0 Å². The van der Waals surface area contributed by atoms with Crippen LogP contribution in [0.5, 0.6) is 0 Å². The minimum Gasteiger partial charge on any atom is -0.349 e. The summed E-state index contributed by atoms with van der Waals surface area (Å²) in [4.78, 5) is 26.0. The molecular formula is C10H18N2O2. The van der Waals surface area contributed by atoms with Crippen LogP contribution < -0.4 is 0 Å². The number of amides is 1. The lowest BCUT2D eigenvalue weighted by molar-refractivity contribution is -0.130. The molecule has 0 aromatic rings. The van der Waals surface area contributed by atoms with E-state index >= 15 is 0 Å². The second kappa shape index (κ2) is 5.10. The normalized spacial score (nSPS) is 18.3. The topological polar surface area (TPSA) is 40.6 Å². The van der Waals surface area contributed by atoms with Crippen LogP contribution in [-0.2, 0) is 9.59 Å². The van der Waals surface area contributed by atoms with Crippen LogP contribution >= 0.6 is 0 Å². The molecule has 80 valence electrons. The molecule has 4 heteroatoms. The molecule has 1 amide bonds. The Bertz CT molecular complexity index is 226. The van der Waals surface area contributed by atoms with Gasteiger partial charge < -0.3 is 4.90 Å². The van der Waals surface area contributed by atoms with Crippen LogP contribution in [-0.4, -0.2) is 55.2 Å². The number of carbonyl (C=O) groups is 2. The molecular weight excluding hydrogens is 180 g/mol. The summed E-state index contributed by atoms with van der Waals surface area (Å²) in [5.74, 6) is 0.427. The molecule has 0 aromatic carbocycles. The van der Waals surface area contributed by atoms with E-state index in [9.17, 15) is 9.59 Å². The molecule has 0 aliphatic carbocycles. The molecule has 0 saturated carbocycles. The number of hydrogen-bond donors (Lipinski definition) is 0. The van der Waals surface area contributed by atoms with Crippen molar-refractivity contribution < 1.29 is 9.59 Å². The summed E-state index contributed by atoms with van der Waals surface area (Å²) in [5.41, 5.74) is 0. The third-order valence-electron chi connectivity index (χ3n) is 2.47. The predicted octanol–water partition coefficient (Wildman–Crippen LogP) is 0.130. The van der Waals surface area contributed by atoms with E-state index in [2.05, 4.69) is 4.90 Å². The molecule has 1 heterocycles. The summed E-state index contributed by atoms with van der Waals surface area (Å²) in [7, 11) is 3.51. The van der Waals surface area contributed by atoms with Gasteiger partial charge in [0, 0.05) is 33.5 Å². The zero-order valence-corrected chi connectivity index (χ0v) is 8.95. The van der Waals surface area contributed by atoms with Gasteiger partial charge >= 0.3 is 0 Å². The SMILES string of the molecule is CN(C)C(=O)CCN1CCCC(=O)C1. The number of carbonyl (C=O) groups excluding carboxylic acids is 2. The molecule has 0 N–H and O–H groups in total. The average molecular weight is 198 g/mol. The number of ketones is 1. The van der Waals surface area contributed by atoms with Crippen molar-refractivity contribution in [1.82, 2.24) is 9.80 Å². The van der Waals surface area contributed by atoms with E-state index in [-0.39, 0.29) is 5.91 Å². The van der Waals surface area contributed by atoms with Crippen LogP contribution in [0.25, 0.3) is 0 Å². The summed E-state index contributed by atoms with van der Waals surface area (Å²) in [6.07, 6.45) is 2.16. The van der Waals surface area contributed by atoms with Crippen LogP contribution in [0.1, 0.15) is 19.3 Å². The average Bonchev–Trinajstić information content (AvgIpc) is 2.14. The van der Waals surface area contributed by atoms with Crippen molar-refractivity contribution >= 4 is 11.7 Å². The third-order valence-corrected chi connectivity index (χ3v) is 2.47. The van der Waals surface area contributed by atoms with Gasteiger partial charge in [0.25, 0.3) is 0 Å². The highest BCUT2D eigenvalue weighted by atomic mass is 16.2. The zero-order valence-electron chi connectivity index (χ0n) is 8.95. The van der Waals surface area contributed by atoms with E-state index < -0.39 is 0 Å². The quantitative estimate of drug-likeness (QED) is 0.647. The number of Topliss-reactive ketones (excluding diaryl/α,β-unsaturated/α-hetero) is 1. The summed E-state index contributed by atoms with van der Waals surface area (Å²) in [6.45, 7) is 2.19. The summed E-state index contributed by atoms with van der Waals surface area (Å²) in [5, 5.41) is 0. The van der Waals surface area contributed by atoms with Crippen molar-refractivity contribution in [1.29, 1.82) is 0 Å². The largest absolute Gasteiger partial charge is 0.349 e. The van der Waals surface area contributed by atoms with E-state index in [1.165, 1.54) is 0 Å². The highest BCUT2D eigenvalue weighted by Gasteiger charge is 2.17. The fourth-order valence-corrected chi connectivity index (χ4v) is 1.58. The molecule has 0 radical (unpaired) electrons. The number of rotatable bonds is 3. The summed E-state index contributed by atoms with van der Waals surface area (Å²) < 4.78 is 0. The molecule has 1 fully saturated rings. The maximum Gasteiger partial charge on any atom is 0.223 e. The van der Waals surface area contributed by atoms with Gasteiger partial charge in [0.05, 0.1) is 6.54 Å². The first-order valence-electron chi connectivity index (χ1n) is 5.04. The van der Waals surface area contributed by atoms with E-state index in [0.29, 0.717) is 31.7 Å². The molecule has 4 nitrogen and oxygen atoms in total. The first-order valence-corrected chi connectivity index (χ1v) is 5.04. The van der Waals surface area contributed by atoms with Crippen molar-refractivity contribution in [3.63, 3.8) is 0 Å². The van der Waals surface area contributed by atoms with Crippen LogP contribution in [0.3, 0.4) is 0 Å². The van der Waals surface area contributed by atoms with Crippen LogP contribution in [0.4, 0.5) is 0 Å². The van der Waals surface area contributed by atoms with Gasteiger partial charge in [0.2, 0.25) is 5.91 Å². The number of hydrogen-bond acceptors (Lipinski definition) is 3. The molecule has 0 bridgehead atoms. The van der Waals surface area contributed by atoms with Crippen LogP contribution in [0.2, 0.25) is 0 Å². The second-order valence-electron chi connectivity index (χ2n) is 3.96. The Morgan fingerprint density at radius 3 is 2.79 bits per heavy atom. The number of nitrogens with zero attached hydrogens (tertiary/aromatic N) is 2. The molecule has 1 rings (SSSR count). The highest BCUT2D eigenvalue weighted by molar-refractivity contribution is 5.81. The van der Waals surface area contributed by atoms with Gasteiger partial charge in [-0.15, -0.1) is 0 Å². The Morgan fingerprint density at radius 2 is 2.21 bits per heavy atom. The van der Waals surface area contributed by atoms with Gasteiger partial charge in [0.15, 0.2) is 0 Å². The van der Waals surface area contributed by atoms with Gasteiger partial charge in [-0.05, 0) is 13.0 Å². The standard InChI is InChI=1S/C10H18N2O2/c1-11(2)10(14)5-7-12-6-3-4-9(13)8-12/h3-8H2,1-2H3. The van der Waals surface area contributed by atoms with E-state index in [1.54, 1.807) is 19.0 Å². The maximum absolute atomic E-state index is 11.3. The monoisotopic (exact) mass is 198 g/mol. The summed E-state index contributed by atoms with van der Waals surface area (Å²) >= 11 is 0. The highest BCUT2D eigenvalue weighted by Crippen LogP contribution is 2.06. The fraction of sp³-hybridized carbons (Fsp3) is 0.800. The molecule has 0 aromatic heterocycles. The fourth-order valence-electron chi connectivity index (χ4n) is 1.58. The number of likely N-dealkylation sites (tertiary alicyclic amines) is 1. The molecule has 1 saturated heterocycles. The minimum atomic E-state index is 0.128. The van der Waals surface area contributed by atoms with Crippen molar-refractivity contribution in [2.75, 3.05) is 33.7 Å². The molecule has 1 aliphatic rings. The van der Waals surface area contributed by atoms with Gasteiger partial charge in [-0.2, -0.15) is 0 Å². The zero-order chi connectivity index (χ0) is 10.6. The summed E-state index contributed by atoms with van der Waals surface area (Å²) in [6, 6.07) is 0. The van der Waals surface area contributed by atoms with Crippen molar-refractivity contribution in [3.05, 3.63) is 0 Å². The molecule has 0 atom stereocenters. The van der Waals surface area contributed by atoms with Gasteiger partial charge in [-0.1, -0.05) is 0 Å². The Balaban J connectivity index is 2.24. The predicted molar refractivity (Wildman–Crippen MR) is 54.0 cm³/mol. The van der Waals surface area contributed by atoms with E-state index in [1.807, 2.05) is 0 Å². The Kier molecular flexibility index (Phi) is 4.07. The number of piperidine rings is 1. The van der Waals surface area contributed by atoms with Crippen molar-refractivity contribution in [3.8, 4) is 0 Å². The Morgan fingerprint density at radius 1 is 1.50 bits per heavy atom. The van der Waals surface area contributed by atoms with Crippen molar-refractivity contribution in [2.45, 2.75) is 19.3 Å². The lowest BCUT2D eigenvalue weighted by atomic mass is 10.1. The Labute approximate surface area is 84.9 Å². The lowest BCUT2D eigenvalue weighted by Gasteiger charge is -2.25. The minimum absolute atomic E-state index is 0.128. The molecule has 14 heavy (non-hydrogen) atoms. The molecule has 0 unspecified atom stereocenters. The van der Waals surface area contributed by atoms with Gasteiger partial charge in [-0.3, -0.25) is 14.5 Å². The van der Waals surface area contributed by atoms with Crippen LogP contribution in [0, 0.1) is 0 Å². The smallest absolute Gasteiger partial charge is 0.223 e. The maximum atomic E-state index is 11.3. The first kappa shape index (κ1) is 11.2. The first-order chi connectivity index (χ1) is 6.59. The van der Waals surface area contributed by atoms with Gasteiger partial charge in [0.1, 0.15) is 5.78 Å². The van der Waals surface area contributed by atoms with Gasteiger partial charge in [-0.25, -0.2) is 0 Å². The molecule has 0 spiro atoms. The van der Waals surface area contributed by atoms with Crippen LogP contribution in [0.15, 0.2) is 0 Å². The molecule has 1 aliphatic heterocycles. The van der Waals surface area contributed by atoms with Crippen molar-refractivity contribution in [2.24, 2.45) is 0 Å². The lowest BCUT2D eigenvalue weighted by Crippen LogP contribution is -2.38. The van der Waals surface area contributed by atoms with E-state index in [0.717, 1.165) is 13.0 Å².